The van der Waals surface area contributed by atoms with Crippen LogP contribution in [-0.4, -0.2) is 20.6 Å². The van der Waals surface area contributed by atoms with Gasteiger partial charge in [0.25, 0.3) is 5.56 Å². The predicted molar refractivity (Wildman–Crippen MR) is 125 cm³/mol. The van der Waals surface area contributed by atoms with Crippen LogP contribution in [0.15, 0.2) is 59.7 Å². The molecule has 2 aromatic heterocycles. The van der Waals surface area contributed by atoms with Crippen molar-refractivity contribution in [1.29, 1.82) is 0 Å². The van der Waals surface area contributed by atoms with Crippen LogP contribution in [0, 0.1) is 13.8 Å². The number of fused-ring (bicyclic) bond motifs is 1. The zero-order chi connectivity index (χ0) is 22.1. The van der Waals surface area contributed by atoms with Gasteiger partial charge in [0.1, 0.15) is 16.6 Å². The number of anilines is 1. The first-order valence-corrected chi connectivity index (χ1v) is 10.9. The van der Waals surface area contributed by atoms with E-state index in [1.165, 1.54) is 34.4 Å². The molecule has 1 atom stereocenters. The number of hydrogen-bond acceptors (Lipinski definition) is 5. The van der Waals surface area contributed by atoms with Crippen LogP contribution in [0.5, 0.6) is 5.75 Å². The fraction of sp³-hybridized carbons (Fsp3) is 0.208. The number of carbonyl (C=O) groups is 1. The van der Waals surface area contributed by atoms with Gasteiger partial charge in [0, 0.05) is 16.1 Å². The number of amides is 1. The van der Waals surface area contributed by atoms with Gasteiger partial charge in [-0.3, -0.25) is 14.2 Å². The van der Waals surface area contributed by atoms with Crippen molar-refractivity contribution in [2.45, 2.75) is 33.2 Å². The lowest BCUT2D eigenvalue weighted by Crippen LogP contribution is -2.33. The summed E-state index contributed by atoms with van der Waals surface area (Å²) in [6.07, 6.45) is 1.89. The molecule has 0 fully saturated rings. The number of phenols is 1. The lowest BCUT2D eigenvalue weighted by atomic mass is 10.0. The van der Waals surface area contributed by atoms with E-state index in [1.54, 1.807) is 12.1 Å². The van der Waals surface area contributed by atoms with Gasteiger partial charge in [-0.2, -0.15) is 0 Å². The van der Waals surface area contributed by atoms with Crippen LogP contribution in [0.4, 0.5) is 5.69 Å². The number of rotatable bonds is 5. The smallest absolute Gasteiger partial charge is 0.263 e. The number of aryl methyl sites for hydroxylation is 2. The van der Waals surface area contributed by atoms with Crippen LogP contribution in [-0.2, 0) is 4.79 Å². The summed E-state index contributed by atoms with van der Waals surface area (Å²) in [4.78, 5) is 32.7. The summed E-state index contributed by atoms with van der Waals surface area (Å²) >= 11 is 1.48. The summed E-state index contributed by atoms with van der Waals surface area (Å²) < 4.78 is 1.42. The van der Waals surface area contributed by atoms with Gasteiger partial charge >= 0.3 is 0 Å². The van der Waals surface area contributed by atoms with Gasteiger partial charge in [-0.1, -0.05) is 36.8 Å². The summed E-state index contributed by atoms with van der Waals surface area (Å²) in [7, 11) is 0. The Kier molecular flexibility index (Phi) is 5.61. The topological polar surface area (TPSA) is 84.2 Å². The highest BCUT2D eigenvalue weighted by atomic mass is 32.1. The van der Waals surface area contributed by atoms with E-state index in [-0.39, 0.29) is 17.2 Å². The van der Waals surface area contributed by atoms with Crippen molar-refractivity contribution >= 4 is 33.1 Å². The summed E-state index contributed by atoms with van der Waals surface area (Å²) in [5, 5.41) is 12.8. The first-order valence-electron chi connectivity index (χ1n) is 10.1. The Bertz CT molecular complexity index is 1310. The van der Waals surface area contributed by atoms with Crippen molar-refractivity contribution < 1.29 is 9.90 Å². The molecule has 0 radical (unpaired) electrons. The molecule has 0 saturated heterocycles. The Labute approximate surface area is 183 Å². The van der Waals surface area contributed by atoms with Crippen molar-refractivity contribution in [3.63, 3.8) is 0 Å². The zero-order valence-corrected chi connectivity index (χ0v) is 18.4. The molecule has 2 heterocycles. The molecular formula is C24H23N3O3S. The Balaban J connectivity index is 1.78. The van der Waals surface area contributed by atoms with E-state index >= 15 is 0 Å². The van der Waals surface area contributed by atoms with Crippen LogP contribution < -0.4 is 10.9 Å². The number of hydrogen-bond donors (Lipinski definition) is 2. The van der Waals surface area contributed by atoms with Gasteiger partial charge in [-0.15, -0.1) is 11.3 Å². The van der Waals surface area contributed by atoms with Crippen molar-refractivity contribution in [2.24, 2.45) is 0 Å². The standard InChI is InChI=1S/C24H23N3O3S/c1-4-19(22(29)26-17-9-11-18(28)12-10-17)27-13-25-23-21(24(27)30)20(15(3)31-23)16-7-5-14(2)6-8-16/h5-13,19,28H,4H2,1-3H3,(H,26,29). The van der Waals surface area contributed by atoms with E-state index in [4.69, 9.17) is 0 Å². The molecular weight excluding hydrogens is 410 g/mol. The fourth-order valence-electron chi connectivity index (χ4n) is 3.68. The van der Waals surface area contributed by atoms with E-state index in [2.05, 4.69) is 10.3 Å². The Hall–Kier alpha value is -3.45. The van der Waals surface area contributed by atoms with Crippen molar-refractivity contribution in [2.75, 3.05) is 5.32 Å². The normalized spacial score (nSPS) is 12.1. The average Bonchev–Trinajstić information content (AvgIpc) is 3.09. The minimum absolute atomic E-state index is 0.118. The van der Waals surface area contributed by atoms with Gasteiger partial charge in [-0.05, 0) is 50.1 Å². The Morgan fingerprint density at radius 1 is 1.13 bits per heavy atom. The third kappa shape index (κ3) is 3.96. The highest BCUT2D eigenvalue weighted by Gasteiger charge is 2.24. The average molecular weight is 434 g/mol. The zero-order valence-electron chi connectivity index (χ0n) is 17.5. The molecule has 0 saturated carbocycles. The van der Waals surface area contributed by atoms with E-state index in [0.29, 0.717) is 22.3 Å². The van der Waals surface area contributed by atoms with Crippen LogP contribution in [0.1, 0.15) is 29.8 Å². The molecule has 0 bridgehead atoms. The van der Waals surface area contributed by atoms with Crippen molar-refractivity contribution in [1.82, 2.24) is 9.55 Å². The molecule has 0 aliphatic heterocycles. The second-order valence-corrected chi connectivity index (χ2v) is 8.70. The Morgan fingerprint density at radius 2 is 1.81 bits per heavy atom. The number of nitrogens with zero attached hydrogens (tertiary/aromatic N) is 2. The molecule has 158 valence electrons. The molecule has 6 nitrogen and oxygen atoms in total. The third-order valence-electron chi connectivity index (χ3n) is 5.31. The second kappa shape index (κ2) is 8.35. The first-order chi connectivity index (χ1) is 14.9. The second-order valence-electron chi connectivity index (χ2n) is 7.50. The van der Waals surface area contributed by atoms with Gasteiger partial charge in [-0.25, -0.2) is 4.98 Å². The van der Waals surface area contributed by atoms with Gasteiger partial charge < -0.3 is 10.4 Å². The van der Waals surface area contributed by atoms with Crippen LogP contribution in [0.25, 0.3) is 21.3 Å². The lowest BCUT2D eigenvalue weighted by molar-refractivity contribution is -0.119. The lowest BCUT2D eigenvalue weighted by Gasteiger charge is -2.18. The van der Waals surface area contributed by atoms with E-state index < -0.39 is 6.04 Å². The maximum atomic E-state index is 13.5. The number of aromatic nitrogens is 2. The fourth-order valence-corrected chi connectivity index (χ4v) is 4.69. The molecule has 0 spiro atoms. The number of carbonyl (C=O) groups excluding carboxylic acids is 1. The number of nitrogens with one attached hydrogen (secondary N) is 1. The Morgan fingerprint density at radius 3 is 2.45 bits per heavy atom. The van der Waals surface area contributed by atoms with E-state index in [0.717, 1.165) is 21.6 Å². The van der Waals surface area contributed by atoms with Crippen LogP contribution >= 0.6 is 11.3 Å². The van der Waals surface area contributed by atoms with Gasteiger partial charge in [0.2, 0.25) is 5.91 Å². The van der Waals surface area contributed by atoms with Crippen molar-refractivity contribution in [3.05, 3.63) is 75.7 Å². The number of phenolic OH excluding ortho intramolecular Hbond substituents is 1. The quantitative estimate of drug-likeness (QED) is 0.432. The maximum absolute atomic E-state index is 13.5. The number of aromatic hydroxyl groups is 1. The molecule has 4 rings (SSSR count). The van der Waals surface area contributed by atoms with Crippen molar-refractivity contribution in [3.8, 4) is 16.9 Å². The summed E-state index contributed by atoms with van der Waals surface area (Å²) in [6, 6.07) is 13.6. The number of benzene rings is 2. The van der Waals surface area contributed by atoms with E-state index in [9.17, 15) is 14.7 Å². The van der Waals surface area contributed by atoms with Crippen LogP contribution in [0.3, 0.4) is 0 Å². The molecule has 4 aromatic rings. The monoisotopic (exact) mass is 433 g/mol. The largest absolute Gasteiger partial charge is 0.508 e. The van der Waals surface area contributed by atoms with Crippen LogP contribution in [0.2, 0.25) is 0 Å². The molecule has 2 N–H and O–H groups in total. The highest BCUT2D eigenvalue weighted by Crippen LogP contribution is 2.35. The molecule has 2 aromatic carbocycles. The van der Waals surface area contributed by atoms with Gasteiger partial charge in [0.15, 0.2) is 0 Å². The summed E-state index contributed by atoms with van der Waals surface area (Å²) in [6.45, 7) is 5.87. The molecule has 0 aliphatic rings. The molecule has 7 heteroatoms. The molecule has 1 unspecified atom stereocenters. The summed E-state index contributed by atoms with van der Waals surface area (Å²) in [5.41, 5.74) is 3.31. The SMILES string of the molecule is CCC(C(=O)Nc1ccc(O)cc1)n1cnc2sc(C)c(-c3ccc(C)cc3)c2c1=O. The third-order valence-corrected chi connectivity index (χ3v) is 6.33. The first kappa shape index (κ1) is 20.8. The molecule has 1 amide bonds. The minimum Gasteiger partial charge on any atom is -0.508 e. The minimum atomic E-state index is -0.704. The van der Waals surface area contributed by atoms with Gasteiger partial charge in [0.05, 0.1) is 11.7 Å². The number of thiophene rings is 1. The molecule has 0 aliphatic carbocycles. The molecule has 31 heavy (non-hydrogen) atoms. The van der Waals surface area contributed by atoms with E-state index in [1.807, 2.05) is 45.0 Å². The summed E-state index contributed by atoms with van der Waals surface area (Å²) in [5.74, 6) is -0.187. The predicted octanol–water partition coefficient (Wildman–Crippen LogP) is 5.04. The highest BCUT2D eigenvalue weighted by molar-refractivity contribution is 7.19. The maximum Gasteiger partial charge on any atom is 0.263 e.